The smallest absolute Gasteiger partial charge is 0.273 e. The lowest BCUT2D eigenvalue weighted by Gasteiger charge is -2.33. The van der Waals surface area contributed by atoms with Crippen molar-refractivity contribution >= 4 is 44.8 Å². The zero-order valence-electron chi connectivity index (χ0n) is 26.0. The largest absolute Gasteiger partial charge is 0.495 e. The van der Waals surface area contributed by atoms with Gasteiger partial charge in [-0.2, -0.15) is 0 Å². The Hall–Kier alpha value is -4.16. The minimum atomic E-state index is -4.60. The number of carbonyl (C=O) groups is 2. The summed E-state index contributed by atoms with van der Waals surface area (Å²) in [7, 11) is -3.26. The fraction of sp³-hybridized carbons (Fsp3) is 0.375. The number of rotatable bonds is 15. The molecule has 0 saturated heterocycles. The van der Waals surface area contributed by atoms with Gasteiger partial charge in [-0.15, -0.1) is 0 Å². The summed E-state index contributed by atoms with van der Waals surface area (Å²) in [6.07, 6.45) is 0.694. The van der Waals surface area contributed by atoms with Crippen molar-refractivity contribution in [3.63, 3.8) is 0 Å². The van der Waals surface area contributed by atoms with Gasteiger partial charge >= 0.3 is 0 Å². The summed E-state index contributed by atoms with van der Waals surface area (Å²) in [6.45, 7) is 6.99. The summed E-state index contributed by atoms with van der Waals surface area (Å²) in [4.78, 5) is 39.6. The van der Waals surface area contributed by atoms with E-state index in [2.05, 4.69) is 5.32 Å². The summed E-state index contributed by atoms with van der Waals surface area (Å²) < 4.78 is 34.7. The van der Waals surface area contributed by atoms with Crippen LogP contribution in [0.1, 0.15) is 38.3 Å². The fourth-order valence-electron chi connectivity index (χ4n) is 4.76. The van der Waals surface area contributed by atoms with Crippen molar-refractivity contribution in [3.05, 3.63) is 93.0 Å². The first-order chi connectivity index (χ1) is 21.3. The van der Waals surface area contributed by atoms with Crippen LogP contribution in [0.3, 0.4) is 0 Å². The topological polar surface area (TPSA) is 139 Å². The van der Waals surface area contributed by atoms with Gasteiger partial charge < -0.3 is 15.0 Å². The number of nitrogens with zero attached hydrogens (tertiary/aromatic N) is 3. The molecular weight excluding hydrogens is 620 g/mol. The van der Waals surface area contributed by atoms with E-state index in [1.54, 1.807) is 6.92 Å². The number of nitro groups is 1. The number of amides is 2. The standard InChI is InChI=1S/C32H39ClN4O7S/c1-6-27(32(39)34-20-22(2)3)35(17-16-24-10-8-7-9-11-24)31(38)21-36(29-18-25(33)13-15-30(29)44-5)45(42,43)26-14-12-23(4)28(19-26)37(40)41/h7-15,18-19,22,27H,6,16-17,20-21H2,1-5H3,(H,34,39). The highest BCUT2D eigenvalue weighted by molar-refractivity contribution is 7.92. The van der Waals surface area contributed by atoms with E-state index < -0.39 is 44.0 Å². The molecule has 13 heteroatoms. The van der Waals surface area contributed by atoms with E-state index in [1.807, 2.05) is 44.2 Å². The summed E-state index contributed by atoms with van der Waals surface area (Å²) in [5.41, 5.74) is 0.771. The first-order valence-corrected chi connectivity index (χ1v) is 16.3. The molecule has 11 nitrogen and oxygen atoms in total. The van der Waals surface area contributed by atoms with Gasteiger partial charge in [0.1, 0.15) is 18.3 Å². The number of nitro benzene ring substituents is 1. The molecule has 0 saturated carbocycles. The third-order valence-electron chi connectivity index (χ3n) is 7.21. The lowest BCUT2D eigenvalue weighted by atomic mass is 10.1. The fourth-order valence-corrected chi connectivity index (χ4v) is 6.37. The van der Waals surface area contributed by atoms with Crippen LogP contribution in [-0.2, 0) is 26.0 Å². The van der Waals surface area contributed by atoms with Crippen molar-refractivity contribution in [1.82, 2.24) is 10.2 Å². The molecule has 1 atom stereocenters. The minimum absolute atomic E-state index is 0.0399. The molecule has 0 aliphatic rings. The number of sulfonamides is 1. The molecule has 1 unspecified atom stereocenters. The maximum absolute atomic E-state index is 14.2. The summed E-state index contributed by atoms with van der Waals surface area (Å²) in [5.74, 6) is -0.717. The van der Waals surface area contributed by atoms with Crippen LogP contribution < -0.4 is 14.4 Å². The van der Waals surface area contributed by atoms with Crippen molar-refractivity contribution in [2.24, 2.45) is 5.92 Å². The average molecular weight is 659 g/mol. The zero-order valence-corrected chi connectivity index (χ0v) is 27.6. The quantitative estimate of drug-likeness (QED) is 0.171. The second-order valence-corrected chi connectivity index (χ2v) is 13.2. The molecule has 45 heavy (non-hydrogen) atoms. The van der Waals surface area contributed by atoms with Crippen molar-refractivity contribution in [2.75, 3.05) is 31.0 Å². The van der Waals surface area contributed by atoms with Crippen LogP contribution in [0.15, 0.2) is 71.6 Å². The number of methoxy groups -OCH3 is 1. The molecular formula is C32H39ClN4O7S. The van der Waals surface area contributed by atoms with Crippen molar-refractivity contribution < 1.29 is 27.7 Å². The van der Waals surface area contributed by atoms with Gasteiger partial charge in [-0.05, 0) is 55.5 Å². The van der Waals surface area contributed by atoms with E-state index >= 15 is 0 Å². The lowest BCUT2D eigenvalue weighted by molar-refractivity contribution is -0.385. The number of aryl methyl sites for hydroxylation is 1. The van der Waals surface area contributed by atoms with Crippen LogP contribution in [-0.4, -0.2) is 62.8 Å². The Bertz CT molecular complexity index is 1620. The SMILES string of the molecule is CCC(C(=O)NCC(C)C)N(CCc1ccccc1)C(=O)CN(c1cc(Cl)ccc1OC)S(=O)(=O)c1ccc(C)c([N+](=O)[O-])c1. The molecule has 242 valence electrons. The van der Waals surface area contributed by atoms with Gasteiger partial charge in [-0.1, -0.05) is 68.8 Å². The molecule has 0 aliphatic carbocycles. The number of hydrogen-bond acceptors (Lipinski definition) is 7. The molecule has 1 N–H and O–H groups in total. The van der Waals surface area contributed by atoms with Gasteiger partial charge in [-0.25, -0.2) is 8.42 Å². The first kappa shape index (κ1) is 35.3. The Morgan fingerprint density at radius 3 is 2.36 bits per heavy atom. The molecule has 0 heterocycles. The minimum Gasteiger partial charge on any atom is -0.495 e. The molecule has 0 aromatic heterocycles. The van der Waals surface area contributed by atoms with Crippen LogP contribution in [0.4, 0.5) is 11.4 Å². The normalized spacial score (nSPS) is 12.0. The predicted octanol–water partition coefficient (Wildman–Crippen LogP) is 5.38. The van der Waals surface area contributed by atoms with Gasteiger partial charge in [0.05, 0.1) is 22.6 Å². The van der Waals surface area contributed by atoms with Gasteiger partial charge in [0.2, 0.25) is 11.8 Å². The van der Waals surface area contributed by atoms with Crippen molar-refractivity contribution in [2.45, 2.75) is 51.5 Å². The van der Waals surface area contributed by atoms with Crippen LogP contribution in [0.25, 0.3) is 0 Å². The number of halogens is 1. The third-order valence-corrected chi connectivity index (χ3v) is 9.20. The van der Waals surface area contributed by atoms with Gasteiger partial charge in [0, 0.05) is 29.7 Å². The number of hydrogen-bond donors (Lipinski definition) is 1. The average Bonchev–Trinajstić information content (AvgIpc) is 3.00. The molecule has 3 aromatic rings. The molecule has 2 amide bonds. The van der Waals surface area contributed by atoms with Crippen molar-refractivity contribution in [3.8, 4) is 5.75 Å². The van der Waals surface area contributed by atoms with Crippen LogP contribution in [0, 0.1) is 23.0 Å². The van der Waals surface area contributed by atoms with Gasteiger partial charge in [-0.3, -0.25) is 24.0 Å². The summed E-state index contributed by atoms with van der Waals surface area (Å²) >= 11 is 6.28. The van der Waals surface area contributed by atoms with Crippen LogP contribution in [0.2, 0.25) is 5.02 Å². The Labute approximate surface area is 269 Å². The van der Waals surface area contributed by atoms with E-state index in [0.29, 0.717) is 13.0 Å². The number of benzene rings is 3. The second kappa shape index (κ2) is 15.7. The molecule has 0 fully saturated rings. The molecule has 3 rings (SSSR count). The Morgan fingerprint density at radius 1 is 1.07 bits per heavy atom. The molecule has 0 radical (unpaired) electrons. The van der Waals surface area contributed by atoms with E-state index in [-0.39, 0.29) is 46.8 Å². The molecule has 0 spiro atoms. The van der Waals surface area contributed by atoms with Crippen molar-refractivity contribution in [1.29, 1.82) is 0 Å². The van der Waals surface area contributed by atoms with E-state index in [0.717, 1.165) is 15.9 Å². The highest BCUT2D eigenvalue weighted by atomic mass is 35.5. The number of carbonyl (C=O) groups excluding carboxylic acids is 2. The van der Waals surface area contributed by atoms with Crippen LogP contribution in [0.5, 0.6) is 5.75 Å². The van der Waals surface area contributed by atoms with E-state index in [1.165, 1.54) is 49.3 Å². The maximum Gasteiger partial charge on any atom is 0.273 e. The molecule has 0 bridgehead atoms. The highest BCUT2D eigenvalue weighted by Crippen LogP contribution is 2.36. The monoisotopic (exact) mass is 658 g/mol. The van der Waals surface area contributed by atoms with E-state index in [9.17, 15) is 28.1 Å². The molecule has 3 aromatic carbocycles. The Kier molecular flexibility index (Phi) is 12.3. The molecule has 0 aliphatic heterocycles. The Balaban J connectivity index is 2.13. The maximum atomic E-state index is 14.2. The lowest BCUT2D eigenvalue weighted by Crippen LogP contribution is -2.53. The predicted molar refractivity (Wildman–Crippen MR) is 174 cm³/mol. The first-order valence-electron chi connectivity index (χ1n) is 14.5. The van der Waals surface area contributed by atoms with E-state index in [4.69, 9.17) is 16.3 Å². The zero-order chi connectivity index (χ0) is 33.3. The second-order valence-electron chi connectivity index (χ2n) is 10.9. The third kappa shape index (κ3) is 8.95. The Morgan fingerprint density at radius 2 is 1.76 bits per heavy atom. The highest BCUT2D eigenvalue weighted by Gasteiger charge is 2.35. The summed E-state index contributed by atoms with van der Waals surface area (Å²) in [6, 6.07) is 16.4. The van der Waals surface area contributed by atoms with Crippen LogP contribution >= 0.6 is 11.6 Å². The number of nitrogens with one attached hydrogen (secondary N) is 1. The number of ether oxygens (including phenoxy) is 1. The van der Waals surface area contributed by atoms with Gasteiger partial charge in [0.15, 0.2) is 0 Å². The summed E-state index contributed by atoms with van der Waals surface area (Å²) in [5, 5.41) is 14.7. The number of anilines is 1. The van der Waals surface area contributed by atoms with Gasteiger partial charge in [0.25, 0.3) is 15.7 Å².